The number of rotatable bonds is 5. The van der Waals surface area contributed by atoms with E-state index in [0.29, 0.717) is 12.2 Å². The van der Waals surface area contributed by atoms with Crippen LogP contribution in [0.25, 0.3) is 0 Å². The maximum Gasteiger partial charge on any atom is 0.153 e. The van der Waals surface area contributed by atoms with Crippen LogP contribution in [0.4, 0.5) is 0 Å². The SMILES string of the molecule is CCCCOc1c(C)cc(I)cc1C=O. The highest BCUT2D eigenvalue weighted by Gasteiger charge is 2.07. The average molecular weight is 318 g/mol. The van der Waals surface area contributed by atoms with Crippen LogP contribution in [0.5, 0.6) is 5.75 Å². The number of benzene rings is 1. The molecule has 0 atom stereocenters. The van der Waals surface area contributed by atoms with Crippen molar-refractivity contribution in [3.8, 4) is 5.75 Å². The van der Waals surface area contributed by atoms with Crippen molar-refractivity contribution in [3.63, 3.8) is 0 Å². The van der Waals surface area contributed by atoms with E-state index in [1.807, 2.05) is 19.1 Å². The molecule has 0 aliphatic heterocycles. The number of hydrogen-bond donors (Lipinski definition) is 0. The number of ether oxygens (including phenoxy) is 1. The second kappa shape index (κ2) is 6.10. The summed E-state index contributed by atoms with van der Waals surface area (Å²) in [5.74, 6) is 0.735. The van der Waals surface area contributed by atoms with Gasteiger partial charge in [-0.05, 0) is 53.6 Å². The minimum atomic E-state index is 0.649. The third kappa shape index (κ3) is 3.48. The zero-order valence-electron chi connectivity index (χ0n) is 9.05. The molecule has 0 spiro atoms. The van der Waals surface area contributed by atoms with Crippen LogP contribution in [-0.4, -0.2) is 12.9 Å². The molecule has 0 saturated heterocycles. The smallest absolute Gasteiger partial charge is 0.153 e. The molecule has 0 aliphatic carbocycles. The van der Waals surface area contributed by atoms with Crippen LogP contribution in [0.15, 0.2) is 12.1 Å². The molecule has 0 radical (unpaired) electrons. The molecule has 0 N–H and O–H groups in total. The van der Waals surface area contributed by atoms with Crippen molar-refractivity contribution < 1.29 is 9.53 Å². The van der Waals surface area contributed by atoms with Gasteiger partial charge in [-0.3, -0.25) is 4.79 Å². The van der Waals surface area contributed by atoms with Gasteiger partial charge in [-0.1, -0.05) is 13.3 Å². The molecule has 2 nitrogen and oxygen atoms in total. The van der Waals surface area contributed by atoms with Crippen LogP contribution >= 0.6 is 22.6 Å². The lowest BCUT2D eigenvalue weighted by Gasteiger charge is -2.11. The Morgan fingerprint density at radius 2 is 2.20 bits per heavy atom. The van der Waals surface area contributed by atoms with Crippen molar-refractivity contribution >= 4 is 28.9 Å². The van der Waals surface area contributed by atoms with Crippen LogP contribution in [0.3, 0.4) is 0 Å². The van der Waals surface area contributed by atoms with E-state index in [1.54, 1.807) is 0 Å². The second-order valence-corrected chi connectivity index (χ2v) is 4.71. The van der Waals surface area contributed by atoms with Crippen molar-refractivity contribution in [1.29, 1.82) is 0 Å². The summed E-state index contributed by atoms with van der Waals surface area (Å²) < 4.78 is 6.68. The van der Waals surface area contributed by atoms with Gasteiger partial charge in [0.25, 0.3) is 0 Å². The zero-order chi connectivity index (χ0) is 11.3. The average Bonchev–Trinajstić information content (AvgIpc) is 2.20. The van der Waals surface area contributed by atoms with Gasteiger partial charge in [0, 0.05) is 3.57 Å². The monoisotopic (exact) mass is 318 g/mol. The first-order valence-corrected chi connectivity index (χ1v) is 6.15. The first kappa shape index (κ1) is 12.5. The molecule has 0 unspecified atom stereocenters. The van der Waals surface area contributed by atoms with Gasteiger partial charge in [-0.2, -0.15) is 0 Å². The summed E-state index contributed by atoms with van der Waals surface area (Å²) in [6, 6.07) is 3.87. The molecule has 15 heavy (non-hydrogen) atoms. The summed E-state index contributed by atoms with van der Waals surface area (Å²) in [7, 11) is 0. The minimum Gasteiger partial charge on any atom is -0.493 e. The number of aryl methyl sites for hydroxylation is 1. The number of carbonyl (C=O) groups is 1. The van der Waals surface area contributed by atoms with Crippen molar-refractivity contribution in [1.82, 2.24) is 0 Å². The minimum absolute atomic E-state index is 0.649. The largest absolute Gasteiger partial charge is 0.493 e. The Bertz CT molecular complexity index is 348. The Labute approximate surface area is 104 Å². The molecule has 1 aromatic carbocycles. The molecule has 0 aromatic heterocycles. The number of aldehydes is 1. The predicted octanol–water partition coefficient (Wildman–Crippen LogP) is 3.59. The fraction of sp³-hybridized carbons (Fsp3) is 0.417. The van der Waals surface area contributed by atoms with E-state index in [9.17, 15) is 4.79 Å². The van der Waals surface area contributed by atoms with Gasteiger partial charge in [-0.25, -0.2) is 0 Å². The highest BCUT2D eigenvalue weighted by atomic mass is 127. The molecule has 0 heterocycles. The fourth-order valence-corrected chi connectivity index (χ4v) is 2.16. The van der Waals surface area contributed by atoms with Crippen LogP contribution in [-0.2, 0) is 0 Å². The van der Waals surface area contributed by atoms with Gasteiger partial charge in [0.05, 0.1) is 12.2 Å². The van der Waals surface area contributed by atoms with Gasteiger partial charge < -0.3 is 4.74 Å². The van der Waals surface area contributed by atoms with Gasteiger partial charge in [0.15, 0.2) is 6.29 Å². The molecular formula is C12H15IO2. The standard InChI is InChI=1S/C12H15IO2/c1-3-4-5-15-12-9(2)6-11(13)7-10(12)8-14/h6-8H,3-5H2,1-2H3. The van der Waals surface area contributed by atoms with Crippen molar-refractivity contribution in [3.05, 3.63) is 26.8 Å². The molecule has 1 aromatic rings. The second-order valence-electron chi connectivity index (χ2n) is 3.46. The maximum absolute atomic E-state index is 10.9. The summed E-state index contributed by atoms with van der Waals surface area (Å²) >= 11 is 2.20. The third-order valence-electron chi connectivity index (χ3n) is 2.14. The summed E-state index contributed by atoms with van der Waals surface area (Å²) in [5.41, 5.74) is 1.68. The van der Waals surface area contributed by atoms with Crippen LogP contribution in [0, 0.1) is 10.5 Å². The lowest BCUT2D eigenvalue weighted by atomic mass is 10.1. The normalized spacial score (nSPS) is 10.1. The molecule has 0 aliphatic rings. The topological polar surface area (TPSA) is 26.3 Å². The Morgan fingerprint density at radius 3 is 2.80 bits per heavy atom. The molecule has 0 bridgehead atoms. The van der Waals surface area contributed by atoms with Crippen molar-refractivity contribution in [2.75, 3.05) is 6.61 Å². The van der Waals surface area contributed by atoms with Crippen LogP contribution in [0.2, 0.25) is 0 Å². The highest BCUT2D eigenvalue weighted by molar-refractivity contribution is 14.1. The van der Waals surface area contributed by atoms with Gasteiger partial charge in [0.2, 0.25) is 0 Å². The maximum atomic E-state index is 10.9. The highest BCUT2D eigenvalue weighted by Crippen LogP contribution is 2.25. The fourth-order valence-electron chi connectivity index (χ4n) is 1.36. The van der Waals surface area contributed by atoms with Crippen molar-refractivity contribution in [2.24, 2.45) is 0 Å². The molecule has 82 valence electrons. The Kier molecular flexibility index (Phi) is 5.08. The zero-order valence-corrected chi connectivity index (χ0v) is 11.2. The van der Waals surface area contributed by atoms with Gasteiger partial charge >= 0.3 is 0 Å². The number of carbonyl (C=O) groups excluding carboxylic acids is 1. The molecule has 0 fully saturated rings. The quantitative estimate of drug-likeness (QED) is 0.471. The number of unbranched alkanes of at least 4 members (excludes halogenated alkanes) is 1. The Morgan fingerprint density at radius 1 is 1.47 bits per heavy atom. The van der Waals surface area contributed by atoms with Crippen LogP contribution in [0.1, 0.15) is 35.7 Å². The van der Waals surface area contributed by atoms with E-state index in [4.69, 9.17) is 4.74 Å². The molecule has 3 heteroatoms. The Hall–Kier alpha value is -0.580. The molecule has 0 amide bonds. The van der Waals surface area contributed by atoms with Crippen molar-refractivity contribution in [2.45, 2.75) is 26.7 Å². The lowest BCUT2D eigenvalue weighted by Crippen LogP contribution is -2.02. The number of halogens is 1. The summed E-state index contributed by atoms with van der Waals surface area (Å²) in [6.07, 6.45) is 2.97. The summed E-state index contributed by atoms with van der Waals surface area (Å²) in [4.78, 5) is 10.9. The van der Waals surface area contributed by atoms with Gasteiger partial charge in [-0.15, -0.1) is 0 Å². The van der Waals surface area contributed by atoms with E-state index >= 15 is 0 Å². The summed E-state index contributed by atoms with van der Waals surface area (Å²) in [5, 5.41) is 0. The molecule has 0 saturated carbocycles. The third-order valence-corrected chi connectivity index (χ3v) is 2.76. The molecule has 1 rings (SSSR count). The van der Waals surface area contributed by atoms with E-state index < -0.39 is 0 Å². The first-order valence-electron chi connectivity index (χ1n) is 5.07. The van der Waals surface area contributed by atoms with E-state index in [0.717, 1.165) is 34.0 Å². The summed E-state index contributed by atoms with van der Waals surface area (Å²) in [6.45, 7) is 4.76. The van der Waals surface area contributed by atoms with Gasteiger partial charge in [0.1, 0.15) is 5.75 Å². The van der Waals surface area contributed by atoms with E-state index in [2.05, 4.69) is 29.5 Å². The molecular weight excluding hydrogens is 303 g/mol. The first-order chi connectivity index (χ1) is 7.19. The van der Waals surface area contributed by atoms with E-state index in [-0.39, 0.29) is 0 Å². The predicted molar refractivity (Wildman–Crippen MR) is 69.7 cm³/mol. The number of hydrogen-bond acceptors (Lipinski definition) is 2. The Balaban J connectivity index is 2.89. The van der Waals surface area contributed by atoms with E-state index in [1.165, 1.54) is 0 Å². The van der Waals surface area contributed by atoms with Crippen LogP contribution < -0.4 is 4.74 Å². The lowest BCUT2D eigenvalue weighted by molar-refractivity contribution is 0.111.